The number of hydrogen-bond acceptors (Lipinski definition) is 4. The van der Waals surface area contributed by atoms with Gasteiger partial charge >= 0.3 is 5.97 Å². The molecule has 92 valence electrons. The van der Waals surface area contributed by atoms with Crippen LogP contribution < -0.4 is 4.74 Å². The maximum atomic E-state index is 10.9. The molecular formula is C13H12N2O3. The van der Waals surface area contributed by atoms with E-state index in [0.717, 1.165) is 5.56 Å². The summed E-state index contributed by atoms with van der Waals surface area (Å²) in [6.45, 7) is 1.69. The summed E-state index contributed by atoms with van der Waals surface area (Å²) in [6, 6.07) is 9.07. The molecule has 0 aliphatic carbocycles. The number of rotatable bonds is 3. The van der Waals surface area contributed by atoms with E-state index in [0.29, 0.717) is 17.0 Å². The Bertz CT molecular complexity index is 597. The lowest BCUT2D eigenvalue weighted by molar-refractivity contribution is 0.0688. The summed E-state index contributed by atoms with van der Waals surface area (Å²) >= 11 is 0. The number of aromatic carboxylic acids is 1. The quantitative estimate of drug-likeness (QED) is 0.895. The standard InChI is InChI=1S/C13H12N2O3/c1-8-7-10(14-15-12(8)13(16)17)9-5-3-4-6-11(9)18-2/h3-7H,1-2H3,(H,16,17). The Hall–Kier alpha value is -2.43. The van der Waals surface area contributed by atoms with Crippen LogP contribution in [0, 0.1) is 6.92 Å². The highest BCUT2D eigenvalue weighted by Crippen LogP contribution is 2.28. The molecule has 0 aliphatic heterocycles. The van der Waals surface area contributed by atoms with Crippen molar-refractivity contribution in [3.63, 3.8) is 0 Å². The Morgan fingerprint density at radius 1 is 1.28 bits per heavy atom. The van der Waals surface area contributed by atoms with Crippen molar-refractivity contribution < 1.29 is 14.6 Å². The molecule has 0 spiro atoms. The smallest absolute Gasteiger partial charge is 0.356 e. The van der Waals surface area contributed by atoms with E-state index in [4.69, 9.17) is 9.84 Å². The molecule has 18 heavy (non-hydrogen) atoms. The predicted octanol–water partition coefficient (Wildman–Crippen LogP) is 2.16. The molecule has 1 aromatic heterocycles. The topological polar surface area (TPSA) is 72.3 Å². The molecule has 5 nitrogen and oxygen atoms in total. The van der Waals surface area contributed by atoms with Crippen LogP contribution in [0.25, 0.3) is 11.3 Å². The minimum atomic E-state index is -1.08. The van der Waals surface area contributed by atoms with Crippen LogP contribution in [0.4, 0.5) is 0 Å². The Balaban J connectivity index is 2.52. The lowest BCUT2D eigenvalue weighted by Crippen LogP contribution is -2.06. The van der Waals surface area contributed by atoms with E-state index in [9.17, 15) is 4.79 Å². The first-order valence-electron chi connectivity index (χ1n) is 5.34. The molecule has 0 aliphatic rings. The van der Waals surface area contributed by atoms with Crippen LogP contribution in [0.5, 0.6) is 5.75 Å². The minimum absolute atomic E-state index is 0.0337. The molecule has 2 aromatic rings. The lowest BCUT2D eigenvalue weighted by Gasteiger charge is -2.08. The van der Waals surface area contributed by atoms with E-state index in [-0.39, 0.29) is 5.69 Å². The minimum Gasteiger partial charge on any atom is -0.496 e. The van der Waals surface area contributed by atoms with Crippen molar-refractivity contribution in [1.82, 2.24) is 10.2 Å². The number of ether oxygens (including phenoxy) is 1. The van der Waals surface area contributed by atoms with Crippen LogP contribution in [-0.2, 0) is 0 Å². The van der Waals surface area contributed by atoms with E-state index in [1.165, 1.54) is 0 Å². The summed E-state index contributed by atoms with van der Waals surface area (Å²) in [7, 11) is 1.57. The molecule has 0 saturated heterocycles. The fourth-order valence-corrected chi connectivity index (χ4v) is 1.68. The largest absolute Gasteiger partial charge is 0.496 e. The highest BCUT2D eigenvalue weighted by Gasteiger charge is 2.13. The summed E-state index contributed by atoms with van der Waals surface area (Å²) in [6.07, 6.45) is 0. The summed E-state index contributed by atoms with van der Waals surface area (Å²) in [4.78, 5) is 10.9. The van der Waals surface area contributed by atoms with Gasteiger partial charge in [-0.05, 0) is 30.7 Å². The number of para-hydroxylation sites is 1. The van der Waals surface area contributed by atoms with Gasteiger partial charge < -0.3 is 9.84 Å². The van der Waals surface area contributed by atoms with E-state index in [1.54, 1.807) is 20.1 Å². The summed E-state index contributed by atoms with van der Waals surface area (Å²) in [5.41, 5.74) is 1.91. The molecule has 0 atom stereocenters. The van der Waals surface area contributed by atoms with Crippen LogP contribution in [0.2, 0.25) is 0 Å². The number of aryl methyl sites for hydroxylation is 1. The number of carboxylic acid groups (broad SMARTS) is 1. The zero-order chi connectivity index (χ0) is 13.1. The van der Waals surface area contributed by atoms with Crippen LogP contribution in [-0.4, -0.2) is 28.4 Å². The van der Waals surface area contributed by atoms with Crippen molar-refractivity contribution in [2.75, 3.05) is 7.11 Å². The van der Waals surface area contributed by atoms with Gasteiger partial charge in [-0.15, -0.1) is 10.2 Å². The fraction of sp³-hybridized carbons (Fsp3) is 0.154. The highest BCUT2D eigenvalue weighted by atomic mass is 16.5. The SMILES string of the molecule is COc1ccccc1-c1cc(C)c(C(=O)O)nn1. The van der Waals surface area contributed by atoms with Gasteiger partial charge in [0.2, 0.25) is 0 Å². The average molecular weight is 244 g/mol. The number of aromatic nitrogens is 2. The van der Waals surface area contributed by atoms with Crippen molar-refractivity contribution in [2.45, 2.75) is 6.92 Å². The summed E-state index contributed by atoms with van der Waals surface area (Å²) in [5, 5.41) is 16.6. The van der Waals surface area contributed by atoms with Crippen LogP contribution in [0.3, 0.4) is 0 Å². The molecule has 0 bridgehead atoms. The van der Waals surface area contributed by atoms with Gasteiger partial charge in [-0.25, -0.2) is 4.79 Å². The number of carboxylic acids is 1. The molecule has 1 heterocycles. The van der Waals surface area contributed by atoms with Crippen molar-refractivity contribution in [2.24, 2.45) is 0 Å². The van der Waals surface area contributed by atoms with Gasteiger partial charge in [0.05, 0.1) is 12.8 Å². The van der Waals surface area contributed by atoms with Crippen LogP contribution in [0.1, 0.15) is 16.1 Å². The molecule has 1 N–H and O–H groups in total. The fourth-order valence-electron chi connectivity index (χ4n) is 1.68. The highest BCUT2D eigenvalue weighted by molar-refractivity contribution is 5.87. The van der Waals surface area contributed by atoms with Crippen molar-refractivity contribution in [3.8, 4) is 17.0 Å². The Morgan fingerprint density at radius 2 is 2.00 bits per heavy atom. The Kier molecular flexibility index (Phi) is 3.23. The second-order valence-corrected chi connectivity index (χ2v) is 3.77. The normalized spacial score (nSPS) is 10.1. The van der Waals surface area contributed by atoms with Gasteiger partial charge in [-0.1, -0.05) is 12.1 Å². The first-order valence-corrected chi connectivity index (χ1v) is 5.34. The number of nitrogens with zero attached hydrogens (tertiary/aromatic N) is 2. The van der Waals surface area contributed by atoms with Crippen molar-refractivity contribution in [3.05, 3.63) is 41.6 Å². The Labute approximate surface area is 104 Å². The molecule has 0 unspecified atom stereocenters. The zero-order valence-electron chi connectivity index (χ0n) is 10.0. The molecule has 2 rings (SSSR count). The molecule has 5 heteroatoms. The third kappa shape index (κ3) is 2.15. The van der Waals surface area contributed by atoms with E-state index in [2.05, 4.69) is 10.2 Å². The van der Waals surface area contributed by atoms with Gasteiger partial charge in [-0.3, -0.25) is 0 Å². The number of benzene rings is 1. The molecular weight excluding hydrogens is 232 g/mol. The molecule has 1 aromatic carbocycles. The first kappa shape index (κ1) is 12.0. The average Bonchev–Trinajstić information content (AvgIpc) is 2.38. The monoisotopic (exact) mass is 244 g/mol. The Morgan fingerprint density at radius 3 is 2.61 bits per heavy atom. The van der Waals surface area contributed by atoms with E-state index >= 15 is 0 Å². The lowest BCUT2D eigenvalue weighted by atomic mass is 10.1. The predicted molar refractivity (Wildman–Crippen MR) is 65.7 cm³/mol. The molecule has 0 saturated carbocycles. The van der Waals surface area contributed by atoms with Gasteiger partial charge in [0.15, 0.2) is 5.69 Å². The second kappa shape index (κ2) is 4.83. The van der Waals surface area contributed by atoms with Gasteiger partial charge in [0.1, 0.15) is 5.75 Å². The number of hydrogen-bond donors (Lipinski definition) is 1. The van der Waals surface area contributed by atoms with Gasteiger partial charge in [-0.2, -0.15) is 0 Å². The summed E-state index contributed by atoms with van der Waals surface area (Å²) in [5.74, 6) is -0.402. The molecule has 0 radical (unpaired) electrons. The zero-order valence-corrected chi connectivity index (χ0v) is 10.0. The third-order valence-corrected chi connectivity index (χ3v) is 2.57. The third-order valence-electron chi connectivity index (χ3n) is 2.57. The summed E-state index contributed by atoms with van der Waals surface area (Å²) < 4.78 is 5.23. The first-order chi connectivity index (χ1) is 8.63. The van der Waals surface area contributed by atoms with E-state index in [1.807, 2.05) is 24.3 Å². The van der Waals surface area contributed by atoms with Crippen molar-refractivity contribution >= 4 is 5.97 Å². The second-order valence-electron chi connectivity index (χ2n) is 3.77. The molecule has 0 amide bonds. The maximum absolute atomic E-state index is 10.9. The van der Waals surface area contributed by atoms with E-state index < -0.39 is 5.97 Å². The van der Waals surface area contributed by atoms with Gasteiger partial charge in [0.25, 0.3) is 0 Å². The van der Waals surface area contributed by atoms with Crippen LogP contribution in [0.15, 0.2) is 30.3 Å². The molecule has 0 fully saturated rings. The van der Waals surface area contributed by atoms with Crippen molar-refractivity contribution in [1.29, 1.82) is 0 Å². The van der Waals surface area contributed by atoms with Crippen LogP contribution >= 0.6 is 0 Å². The number of carbonyl (C=O) groups is 1. The number of methoxy groups -OCH3 is 1. The van der Waals surface area contributed by atoms with Gasteiger partial charge in [0, 0.05) is 5.56 Å². The maximum Gasteiger partial charge on any atom is 0.356 e.